The zero-order valence-electron chi connectivity index (χ0n) is 13.5. The molecule has 1 aliphatic rings. The zero-order valence-corrected chi connectivity index (χ0v) is 15.1. The summed E-state index contributed by atoms with van der Waals surface area (Å²) in [5.41, 5.74) is 2.67. The van der Waals surface area contributed by atoms with E-state index in [1.165, 1.54) is 0 Å². The SMILES string of the molecule is CC1(NC(=S)Nc2ccc(-c3ccccc3)cc2)CCS(=O)(=O)C1. The summed E-state index contributed by atoms with van der Waals surface area (Å²) in [6.45, 7) is 1.89. The molecule has 2 aromatic carbocycles. The molecule has 1 atom stereocenters. The molecule has 2 aromatic rings. The number of sulfone groups is 1. The lowest BCUT2D eigenvalue weighted by Crippen LogP contribution is -2.48. The summed E-state index contributed by atoms with van der Waals surface area (Å²) in [5, 5.41) is 6.72. The molecule has 1 heterocycles. The van der Waals surface area contributed by atoms with Gasteiger partial charge >= 0.3 is 0 Å². The van der Waals surface area contributed by atoms with Crippen molar-refractivity contribution >= 4 is 32.9 Å². The maximum atomic E-state index is 11.7. The van der Waals surface area contributed by atoms with Crippen molar-refractivity contribution in [2.24, 2.45) is 0 Å². The zero-order chi connectivity index (χ0) is 17.2. The second-order valence-corrected chi connectivity index (χ2v) is 9.02. The lowest BCUT2D eigenvalue weighted by Gasteiger charge is -2.26. The Labute approximate surface area is 148 Å². The summed E-state index contributed by atoms with van der Waals surface area (Å²) < 4.78 is 23.3. The van der Waals surface area contributed by atoms with Gasteiger partial charge in [0, 0.05) is 5.69 Å². The van der Waals surface area contributed by atoms with Gasteiger partial charge in [0.25, 0.3) is 0 Å². The Hall–Kier alpha value is -1.92. The molecule has 1 aliphatic heterocycles. The first kappa shape index (κ1) is 16.9. The van der Waals surface area contributed by atoms with E-state index in [4.69, 9.17) is 12.2 Å². The van der Waals surface area contributed by atoms with Gasteiger partial charge in [-0.1, -0.05) is 42.5 Å². The third-order valence-corrected chi connectivity index (χ3v) is 6.28. The van der Waals surface area contributed by atoms with Crippen molar-refractivity contribution in [1.29, 1.82) is 0 Å². The first-order chi connectivity index (χ1) is 11.4. The van der Waals surface area contributed by atoms with Gasteiger partial charge in [-0.15, -0.1) is 0 Å². The van der Waals surface area contributed by atoms with Gasteiger partial charge in [-0.05, 0) is 48.8 Å². The summed E-state index contributed by atoms with van der Waals surface area (Å²) >= 11 is 5.33. The molecule has 1 unspecified atom stereocenters. The minimum atomic E-state index is -2.96. The monoisotopic (exact) mass is 360 g/mol. The van der Waals surface area contributed by atoms with Crippen molar-refractivity contribution in [2.45, 2.75) is 18.9 Å². The van der Waals surface area contributed by atoms with E-state index in [1.807, 2.05) is 49.4 Å². The highest BCUT2D eigenvalue weighted by Crippen LogP contribution is 2.24. The molecule has 4 nitrogen and oxygen atoms in total. The van der Waals surface area contributed by atoms with Crippen LogP contribution in [0.3, 0.4) is 0 Å². The number of thiocarbonyl (C=S) groups is 1. The Morgan fingerprint density at radius 1 is 1.04 bits per heavy atom. The molecule has 126 valence electrons. The van der Waals surface area contributed by atoms with Crippen molar-refractivity contribution in [3.05, 3.63) is 54.6 Å². The number of nitrogens with one attached hydrogen (secondary N) is 2. The molecule has 0 saturated carbocycles. The Morgan fingerprint density at radius 3 is 2.25 bits per heavy atom. The smallest absolute Gasteiger partial charge is 0.171 e. The maximum absolute atomic E-state index is 11.7. The fraction of sp³-hybridized carbons (Fsp3) is 0.278. The molecule has 0 aromatic heterocycles. The van der Waals surface area contributed by atoms with Gasteiger partial charge in [0.2, 0.25) is 0 Å². The van der Waals surface area contributed by atoms with Crippen LogP contribution in [-0.4, -0.2) is 30.6 Å². The van der Waals surface area contributed by atoms with E-state index < -0.39 is 15.4 Å². The van der Waals surface area contributed by atoms with Crippen molar-refractivity contribution in [2.75, 3.05) is 16.8 Å². The van der Waals surface area contributed by atoms with Crippen LogP contribution in [0.1, 0.15) is 13.3 Å². The second-order valence-electron chi connectivity index (χ2n) is 6.43. The Kier molecular flexibility index (Phi) is 4.60. The van der Waals surface area contributed by atoms with Crippen LogP contribution in [0.25, 0.3) is 11.1 Å². The van der Waals surface area contributed by atoms with Gasteiger partial charge in [-0.2, -0.15) is 0 Å². The molecular formula is C18H20N2O2S2. The van der Waals surface area contributed by atoms with Crippen molar-refractivity contribution in [3.63, 3.8) is 0 Å². The van der Waals surface area contributed by atoms with E-state index in [-0.39, 0.29) is 11.5 Å². The largest absolute Gasteiger partial charge is 0.356 e. The van der Waals surface area contributed by atoms with E-state index in [0.717, 1.165) is 16.8 Å². The van der Waals surface area contributed by atoms with Gasteiger partial charge in [-0.25, -0.2) is 8.42 Å². The highest BCUT2D eigenvalue weighted by atomic mass is 32.2. The van der Waals surface area contributed by atoms with Crippen LogP contribution in [0, 0.1) is 0 Å². The third-order valence-electron chi connectivity index (χ3n) is 4.17. The number of benzene rings is 2. The summed E-state index contributed by atoms with van der Waals surface area (Å²) in [5.74, 6) is 0.333. The molecule has 2 N–H and O–H groups in total. The first-order valence-corrected chi connectivity index (χ1v) is 10.0. The first-order valence-electron chi connectivity index (χ1n) is 7.80. The number of hydrogen-bond acceptors (Lipinski definition) is 3. The van der Waals surface area contributed by atoms with Crippen LogP contribution >= 0.6 is 12.2 Å². The van der Waals surface area contributed by atoms with Gasteiger partial charge in [-0.3, -0.25) is 0 Å². The van der Waals surface area contributed by atoms with Crippen LogP contribution < -0.4 is 10.6 Å². The summed E-state index contributed by atoms with van der Waals surface area (Å²) in [7, 11) is -2.96. The van der Waals surface area contributed by atoms with Gasteiger partial charge < -0.3 is 10.6 Å². The lowest BCUT2D eigenvalue weighted by molar-refractivity contribution is 0.474. The summed E-state index contributed by atoms with van der Waals surface area (Å²) in [6, 6.07) is 18.1. The summed E-state index contributed by atoms with van der Waals surface area (Å²) in [4.78, 5) is 0. The minimum Gasteiger partial charge on any atom is -0.356 e. The minimum absolute atomic E-state index is 0.120. The van der Waals surface area contributed by atoms with Gasteiger partial charge in [0.15, 0.2) is 14.9 Å². The average molecular weight is 361 g/mol. The van der Waals surface area contributed by atoms with Crippen LogP contribution in [0.15, 0.2) is 54.6 Å². The Bertz CT molecular complexity index is 833. The van der Waals surface area contributed by atoms with Gasteiger partial charge in [0.1, 0.15) is 0 Å². The van der Waals surface area contributed by atoms with Gasteiger partial charge in [0.05, 0.1) is 17.0 Å². The van der Waals surface area contributed by atoms with E-state index in [1.54, 1.807) is 0 Å². The molecule has 0 amide bonds. The normalized spacial score (nSPS) is 22.0. The predicted molar refractivity (Wildman–Crippen MR) is 103 cm³/mol. The quantitative estimate of drug-likeness (QED) is 0.823. The fourth-order valence-electron chi connectivity index (χ4n) is 2.92. The van der Waals surface area contributed by atoms with Crippen LogP contribution in [0.4, 0.5) is 5.69 Å². The second kappa shape index (κ2) is 6.53. The molecule has 0 spiro atoms. The topological polar surface area (TPSA) is 58.2 Å². The van der Waals surface area contributed by atoms with Crippen molar-refractivity contribution in [3.8, 4) is 11.1 Å². The fourth-order valence-corrected chi connectivity index (χ4v) is 5.38. The predicted octanol–water partition coefficient (Wildman–Crippen LogP) is 3.22. The molecule has 1 fully saturated rings. The van der Waals surface area contributed by atoms with Crippen LogP contribution in [-0.2, 0) is 9.84 Å². The standard InChI is InChI=1S/C18H20N2O2S2/c1-18(11-12-24(21,22)13-18)20-17(23)19-16-9-7-15(8-10-16)14-5-3-2-4-6-14/h2-10H,11-13H2,1H3,(H2,19,20,23). The highest BCUT2D eigenvalue weighted by molar-refractivity contribution is 7.91. The molecule has 1 saturated heterocycles. The highest BCUT2D eigenvalue weighted by Gasteiger charge is 2.38. The molecule has 6 heteroatoms. The number of anilines is 1. The van der Waals surface area contributed by atoms with E-state index in [9.17, 15) is 8.42 Å². The molecule has 24 heavy (non-hydrogen) atoms. The third kappa shape index (κ3) is 4.13. The number of rotatable bonds is 3. The number of hydrogen-bond donors (Lipinski definition) is 2. The van der Waals surface area contributed by atoms with E-state index in [2.05, 4.69) is 22.8 Å². The van der Waals surface area contributed by atoms with Crippen LogP contribution in [0.5, 0.6) is 0 Å². The maximum Gasteiger partial charge on any atom is 0.171 e. The molecule has 3 rings (SSSR count). The van der Waals surface area contributed by atoms with Crippen LogP contribution in [0.2, 0.25) is 0 Å². The lowest BCUT2D eigenvalue weighted by atomic mass is 10.0. The molecule has 0 bridgehead atoms. The van der Waals surface area contributed by atoms with E-state index in [0.29, 0.717) is 11.5 Å². The Balaban J connectivity index is 1.63. The molecule has 0 radical (unpaired) electrons. The molecular weight excluding hydrogens is 340 g/mol. The van der Waals surface area contributed by atoms with Crippen molar-refractivity contribution in [1.82, 2.24) is 5.32 Å². The van der Waals surface area contributed by atoms with E-state index >= 15 is 0 Å². The Morgan fingerprint density at radius 2 is 1.67 bits per heavy atom. The van der Waals surface area contributed by atoms with Crippen molar-refractivity contribution < 1.29 is 8.42 Å². The molecule has 0 aliphatic carbocycles. The average Bonchev–Trinajstić information content (AvgIpc) is 2.82. The summed E-state index contributed by atoms with van der Waals surface area (Å²) in [6.07, 6.45) is 0.574.